The molecule has 0 saturated carbocycles. The molecule has 1 heterocycles. The van der Waals surface area contributed by atoms with E-state index in [2.05, 4.69) is 10.6 Å². The van der Waals surface area contributed by atoms with Crippen LogP contribution in [0.5, 0.6) is 0 Å². The van der Waals surface area contributed by atoms with Crippen LogP contribution in [0.15, 0.2) is 107 Å². The Balaban J connectivity index is 1.32. The summed E-state index contributed by atoms with van der Waals surface area (Å²) < 4.78 is 0. The zero-order valence-corrected chi connectivity index (χ0v) is 19.8. The predicted octanol–water partition coefficient (Wildman–Crippen LogP) is 5.40. The molecule has 0 aromatic heterocycles. The van der Waals surface area contributed by atoms with Crippen LogP contribution < -0.4 is 10.6 Å². The Hall–Kier alpha value is -4.10. The Morgan fingerprint density at radius 3 is 2.37 bits per heavy atom. The molecule has 4 aromatic carbocycles. The molecule has 174 valence electrons. The second kappa shape index (κ2) is 9.27. The lowest BCUT2D eigenvalue weighted by molar-refractivity contribution is -0.133. The van der Waals surface area contributed by atoms with Gasteiger partial charge in [-0.1, -0.05) is 78.5 Å². The molecule has 6 nitrogen and oxygen atoms in total. The second-order valence-electron chi connectivity index (χ2n) is 8.47. The number of amides is 4. The number of anilines is 1. The molecule has 4 amide bonds. The number of hydrogen-bond acceptors (Lipinski definition) is 4. The first-order chi connectivity index (χ1) is 16.9. The zero-order chi connectivity index (χ0) is 24.4. The minimum Gasteiger partial charge on any atom is -0.323 e. The quantitative estimate of drug-likeness (QED) is 0.362. The van der Waals surface area contributed by atoms with Gasteiger partial charge in [-0.25, -0.2) is 4.79 Å². The lowest BCUT2D eigenvalue weighted by atomic mass is 9.90. The molecule has 0 spiro atoms. The van der Waals surface area contributed by atoms with E-state index in [0.717, 1.165) is 25.5 Å². The number of carbonyl (C=O) groups is 3. The molecule has 1 atom stereocenters. The monoisotopic (exact) mass is 481 g/mol. The first-order valence-electron chi connectivity index (χ1n) is 11.2. The van der Waals surface area contributed by atoms with Crippen molar-refractivity contribution in [3.63, 3.8) is 0 Å². The smallest absolute Gasteiger partial charge is 0.323 e. The molecule has 0 aliphatic carbocycles. The van der Waals surface area contributed by atoms with Gasteiger partial charge in [0.25, 0.3) is 5.91 Å². The highest BCUT2D eigenvalue weighted by molar-refractivity contribution is 7.99. The molecule has 5 rings (SSSR count). The van der Waals surface area contributed by atoms with E-state index >= 15 is 0 Å². The van der Waals surface area contributed by atoms with E-state index in [1.54, 1.807) is 13.0 Å². The van der Waals surface area contributed by atoms with Crippen LogP contribution in [0, 0.1) is 0 Å². The van der Waals surface area contributed by atoms with E-state index in [4.69, 9.17) is 0 Å². The van der Waals surface area contributed by atoms with Crippen molar-refractivity contribution in [1.29, 1.82) is 0 Å². The Morgan fingerprint density at radius 2 is 1.57 bits per heavy atom. The predicted molar refractivity (Wildman–Crippen MR) is 137 cm³/mol. The average Bonchev–Trinajstić information content (AvgIpc) is 3.09. The maximum atomic E-state index is 13.3. The Bertz CT molecular complexity index is 1440. The molecule has 1 aliphatic heterocycles. The molecule has 1 fully saturated rings. The maximum absolute atomic E-state index is 13.3. The number of rotatable bonds is 6. The summed E-state index contributed by atoms with van der Waals surface area (Å²) in [5.74, 6) is -0.905. The van der Waals surface area contributed by atoms with Crippen molar-refractivity contribution in [3.05, 3.63) is 103 Å². The lowest BCUT2D eigenvalue weighted by Gasteiger charge is -2.22. The minimum absolute atomic E-state index is 0.377. The summed E-state index contributed by atoms with van der Waals surface area (Å²) in [7, 11) is 0. The van der Waals surface area contributed by atoms with Gasteiger partial charge in [-0.05, 0) is 53.6 Å². The number of urea groups is 1. The summed E-state index contributed by atoms with van der Waals surface area (Å²) in [6.45, 7) is 1.29. The lowest BCUT2D eigenvalue weighted by Crippen LogP contribution is -2.42. The highest BCUT2D eigenvalue weighted by atomic mass is 32.2. The van der Waals surface area contributed by atoms with E-state index in [9.17, 15) is 14.4 Å². The topological polar surface area (TPSA) is 78.5 Å². The summed E-state index contributed by atoms with van der Waals surface area (Å²) in [5.41, 5.74) is 0.0420. The van der Waals surface area contributed by atoms with E-state index in [1.807, 2.05) is 91.0 Å². The van der Waals surface area contributed by atoms with Gasteiger partial charge < -0.3 is 10.6 Å². The standard InChI is InChI=1S/C28H23N3O3S/c1-28(21-16-15-19-9-5-6-10-20(19)17-21)26(33)31(27(34)30-28)18-25(32)29-23-13-7-8-14-24(23)35-22-11-3-2-4-12-22/h2-17H,18H2,1H3,(H,29,32)(H,30,34). The summed E-state index contributed by atoms with van der Waals surface area (Å²) in [6, 6.07) is 30.2. The molecule has 1 unspecified atom stereocenters. The van der Waals surface area contributed by atoms with E-state index in [0.29, 0.717) is 11.3 Å². The minimum atomic E-state index is -1.25. The van der Waals surface area contributed by atoms with E-state index in [-0.39, 0.29) is 6.54 Å². The van der Waals surface area contributed by atoms with Crippen LogP contribution in [0.2, 0.25) is 0 Å². The van der Waals surface area contributed by atoms with Crippen molar-refractivity contribution in [1.82, 2.24) is 10.2 Å². The number of para-hydroxylation sites is 1. The van der Waals surface area contributed by atoms with Crippen molar-refractivity contribution in [3.8, 4) is 0 Å². The summed E-state index contributed by atoms with van der Waals surface area (Å²) in [5, 5.41) is 7.65. The Labute approximate surface area is 207 Å². The molecule has 35 heavy (non-hydrogen) atoms. The maximum Gasteiger partial charge on any atom is 0.325 e. The number of nitrogens with zero attached hydrogens (tertiary/aromatic N) is 1. The van der Waals surface area contributed by atoms with E-state index < -0.39 is 23.4 Å². The van der Waals surface area contributed by atoms with Gasteiger partial charge in [0.05, 0.1) is 5.69 Å². The van der Waals surface area contributed by atoms with Crippen molar-refractivity contribution >= 4 is 46.1 Å². The third kappa shape index (κ3) is 4.50. The van der Waals surface area contributed by atoms with Gasteiger partial charge in [-0.2, -0.15) is 0 Å². The fourth-order valence-electron chi connectivity index (χ4n) is 4.14. The average molecular weight is 482 g/mol. The van der Waals surface area contributed by atoms with Gasteiger partial charge in [-0.15, -0.1) is 0 Å². The molecule has 4 aromatic rings. The molecular formula is C28H23N3O3S. The van der Waals surface area contributed by atoms with Gasteiger partial charge >= 0.3 is 6.03 Å². The zero-order valence-electron chi connectivity index (χ0n) is 19.0. The van der Waals surface area contributed by atoms with Crippen LogP contribution in [0.3, 0.4) is 0 Å². The highest BCUT2D eigenvalue weighted by Gasteiger charge is 2.49. The highest BCUT2D eigenvalue weighted by Crippen LogP contribution is 2.34. The first kappa shape index (κ1) is 22.7. The van der Waals surface area contributed by atoms with Crippen molar-refractivity contribution < 1.29 is 14.4 Å². The van der Waals surface area contributed by atoms with Gasteiger partial charge in [0.2, 0.25) is 5.91 Å². The Morgan fingerprint density at radius 1 is 0.886 bits per heavy atom. The summed E-state index contributed by atoms with van der Waals surface area (Å²) >= 11 is 1.52. The van der Waals surface area contributed by atoms with Crippen molar-refractivity contribution in [2.24, 2.45) is 0 Å². The van der Waals surface area contributed by atoms with Crippen molar-refractivity contribution in [2.75, 3.05) is 11.9 Å². The van der Waals surface area contributed by atoms with Gasteiger partial charge in [-0.3, -0.25) is 14.5 Å². The molecule has 0 radical (unpaired) electrons. The fourth-order valence-corrected chi connectivity index (χ4v) is 5.07. The van der Waals surface area contributed by atoms with Gasteiger partial charge in [0, 0.05) is 9.79 Å². The summed E-state index contributed by atoms with van der Waals surface area (Å²) in [4.78, 5) is 41.8. The third-order valence-electron chi connectivity index (χ3n) is 6.04. The molecule has 1 saturated heterocycles. The second-order valence-corrected chi connectivity index (χ2v) is 9.58. The number of nitrogens with one attached hydrogen (secondary N) is 2. The van der Waals surface area contributed by atoms with E-state index in [1.165, 1.54) is 11.8 Å². The third-order valence-corrected chi connectivity index (χ3v) is 7.12. The molecular weight excluding hydrogens is 458 g/mol. The first-order valence-corrected chi connectivity index (χ1v) is 12.0. The number of carbonyl (C=O) groups excluding carboxylic acids is 3. The molecule has 0 bridgehead atoms. The number of imide groups is 1. The molecule has 7 heteroatoms. The van der Waals surface area contributed by atoms with Crippen LogP contribution in [-0.4, -0.2) is 29.3 Å². The largest absolute Gasteiger partial charge is 0.325 e. The van der Waals surface area contributed by atoms with Crippen LogP contribution in [0.4, 0.5) is 10.5 Å². The van der Waals surface area contributed by atoms with Gasteiger partial charge in [0.15, 0.2) is 0 Å². The number of hydrogen-bond donors (Lipinski definition) is 2. The van der Waals surface area contributed by atoms with Crippen LogP contribution in [-0.2, 0) is 15.1 Å². The normalized spacial score (nSPS) is 17.5. The molecule has 2 N–H and O–H groups in total. The van der Waals surface area contributed by atoms with Gasteiger partial charge in [0.1, 0.15) is 12.1 Å². The Kier molecular flexibility index (Phi) is 6.01. The van der Waals surface area contributed by atoms with Crippen LogP contribution in [0.1, 0.15) is 12.5 Å². The number of fused-ring (bicyclic) bond motifs is 1. The fraction of sp³-hybridized carbons (Fsp3) is 0.107. The van der Waals surface area contributed by atoms with Crippen LogP contribution in [0.25, 0.3) is 10.8 Å². The summed E-state index contributed by atoms with van der Waals surface area (Å²) in [6.07, 6.45) is 0. The SMILES string of the molecule is CC1(c2ccc3ccccc3c2)NC(=O)N(CC(=O)Nc2ccccc2Sc2ccccc2)C1=O. The van der Waals surface area contributed by atoms with Crippen molar-refractivity contribution in [2.45, 2.75) is 22.3 Å². The number of benzene rings is 4. The molecule has 1 aliphatic rings. The van der Waals surface area contributed by atoms with Crippen LogP contribution >= 0.6 is 11.8 Å².